The van der Waals surface area contributed by atoms with E-state index in [1.165, 1.54) is 0 Å². The molecule has 0 aromatic heterocycles. The predicted molar refractivity (Wildman–Crippen MR) is 148 cm³/mol. The molecule has 0 saturated heterocycles. The molecule has 0 spiro atoms. The minimum absolute atomic E-state index is 0.242. The Labute approximate surface area is 234 Å². The summed E-state index contributed by atoms with van der Waals surface area (Å²) >= 11 is 0. The molecule has 2 atom stereocenters. The highest BCUT2D eigenvalue weighted by atomic mass is 16.7. The molecule has 0 aliphatic carbocycles. The molecule has 40 heavy (non-hydrogen) atoms. The van der Waals surface area contributed by atoms with Crippen LogP contribution in [0.15, 0.2) is 60.7 Å². The van der Waals surface area contributed by atoms with E-state index >= 15 is 0 Å². The van der Waals surface area contributed by atoms with Crippen LogP contribution in [0.3, 0.4) is 0 Å². The number of fused-ring (bicyclic) bond motifs is 2. The van der Waals surface area contributed by atoms with E-state index in [9.17, 15) is 9.90 Å². The molecule has 2 aliphatic heterocycles. The lowest BCUT2D eigenvalue weighted by molar-refractivity contribution is -0.180. The Bertz CT molecular complexity index is 1340. The second-order valence-electron chi connectivity index (χ2n) is 10.5. The average Bonchev–Trinajstić information content (AvgIpc) is 2.94. The van der Waals surface area contributed by atoms with Gasteiger partial charge in [0.05, 0.1) is 25.9 Å². The number of carbonyl (C=O) groups excluding carboxylic acids is 1. The SMILES string of the molecule is CC1(C)OCc2cc([C@H](O)CNCCc3ccc4c(c3)O[C@H](COCc3cccc(C(N)=O)c3)CO4)ccc2O1. The zero-order chi connectivity index (χ0) is 28.1. The minimum atomic E-state index is -0.640. The van der Waals surface area contributed by atoms with Crippen molar-refractivity contribution in [3.05, 3.63) is 88.5 Å². The highest BCUT2D eigenvalue weighted by Crippen LogP contribution is 2.34. The van der Waals surface area contributed by atoms with Crippen LogP contribution in [0, 0.1) is 0 Å². The van der Waals surface area contributed by atoms with Crippen molar-refractivity contribution in [1.82, 2.24) is 5.32 Å². The van der Waals surface area contributed by atoms with Crippen molar-refractivity contribution in [3.8, 4) is 17.2 Å². The molecule has 0 bridgehead atoms. The Hall–Kier alpha value is -3.63. The molecule has 0 radical (unpaired) electrons. The maximum atomic E-state index is 11.4. The lowest BCUT2D eigenvalue weighted by atomic mass is 10.0. The van der Waals surface area contributed by atoms with E-state index in [4.69, 9.17) is 29.4 Å². The zero-order valence-electron chi connectivity index (χ0n) is 22.9. The van der Waals surface area contributed by atoms with Gasteiger partial charge in [0, 0.05) is 31.5 Å². The van der Waals surface area contributed by atoms with Crippen molar-refractivity contribution >= 4 is 5.91 Å². The fourth-order valence-electron chi connectivity index (χ4n) is 4.67. The lowest BCUT2D eigenvalue weighted by Gasteiger charge is -2.33. The Morgan fingerprint density at radius 1 is 1.10 bits per heavy atom. The Balaban J connectivity index is 1.06. The van der Waals surface area contributed by atoms with Crippen molar-refractivity contribution in [2.75, 3.05) is 26.3 Å². The normalized spacial score (nSPS) is 17.9. The first-order valence-electron chi connectivity index (χ1n) is 13.5. The molecule has 4 N–H and O–H groups in total. The van der Waals surface area contributed by atoms with Crippen LogP contribution >= 0.6 is 0 Å². The Morgan fingerprint density at radius 3 is 2.80 bits per heavy atom. The van der Waals surface area contributed by atoms with E-state index in [1.807, 2.05) is 56.3 Å². The summed E-state index contributed by atoms with van der Waals surface area (Å²) in [6.07, 6.45) is -0.116. The maximum Gasteiger partial charge on any atom is 0.248 e. The summed E-state index contributed by atoms with van der Waals surface area (Å²) < 4.78 is 29.4. The van der Waals surface area contributed by atoms with Gasteiger partial charge in [-0.05, 0) is 66.1 Å². The van der Waals surface area contributed by atoms with Gasteiger partial charge >= 0.3 is 0 Å². The number of amides is 1. The van der Waals surface area contributed by atoms with Crippen molar-refractivity contribution in [2.45, 2.75) is 51.5 Å². The van der Waals surface area contributed by atoms with E-state index in [0.29, 0.717) is 56.6 Å². The van der Waals surface area contributed by atoms with E-state index in [0.717, 1.165) is 34.4 Å². The van der Waals surface area contributed by atoms with E-state index in [-0.39, 0.29) is 6.10 Å². The number of nitrogens with two attached hydrogens (primary N) is 1. The summed E-state index contributed by atoms with van der Waals surface area (Å²) in [6.45, 7) is 6.43. The number of nitrogens with one attached hydrogen (secondary N) is 1. The summed E-state index contributed by atoms with van der Waals surface area (Å²) in [5.74, 6) is 1.09. The average molecular weight is 549 g/mol. The summed E-state index contributed by atoms with van der Waals surface area (Å²) in [5, 5.41) is 14.0. The van der Waals surface area contributed by atoms with Crippen LogP contribution in [-0.2, 0) is 29.1 Å². The summed E-state index contributed by atoms with van der Waals surface area (Å²) in [7, 11) is 0. The topological polar surface area (TPSA) is 122 Å². The standard InChI is InChI=1S/C31H36N2O7/c1-31(2)38-17-24-14-22(7-9-27(24)40-31)26(34)15-33-11-10-20-6-8-28-29(13-20)39-25(19-37-28)18-36-16-21-4-3-5-23(12-21)30(32)35/h3-9,12-14,25-26,33-34H,10-11,15-19H2,1-2H3,(H2,32,35)/t25-,26-/m1/s1. The largest absolute Gasteiger partial charge is 0.486 e. The van der Waals surface area contributed by atoms with Gasteiger partial charge in [-0.1, -0.05) is 24.3 Å². The van der Waals surface area contributed by atoms with E-state index in [2.05, 4.69) is 5.32 Å². The number of aliphatic hydroxyl groups excluding tert-OH is 1. The monoisotopic (exact) mass is 548 g/mol. The first-order valence-corrected chi connectivity index (χ1v) is 13.5. The molecule has 1 amide bonds. The molecule has 2 aliphatic rings. The smallest absolute Gasteiger partial charge is 0.248 e. The van der Waals surface area contributed by atoms with Crippen LogP contribution in [0.5, 0.6) is 17.2 Å². The van der Waals surface area contributed by atoms with Crippen LogP contribution in [0.2, 0.25) is 0 Å². The van der Waals surface area contributed by atoms with Gasteiger partial charge in [-0.2, -0.15) is 0 Å². The van der Waals surface area contributed by atoms with Crippen LogP contribution < -0.4 is 25.3 Å². The molecule has 3 aromatic rings. The number of benzene rings is 3. The molecule has 0 fully saturated rings. The second-order valence-corrected chi connectivity index (χ2v) is 10.5. The van der Waals surface area contributed by atoms with Crippen LogP contribution in [0.1, 0.15) is 52.6 Å². The quantitative estimate of drug-likeness (QED) is 0.311. The van der Waals surface area contributed by atoms with Crippen molar-refractivity contribution in [3.63, 3.8) is 0 Å². The third-order valence-corrected chi connectivity index (χ3v) is 6.84. The number of hydrogen-bond donors (Lipinski definition) is 3. The lowest BCUT2D eigenvalue weighted by Crippen LogP contribution is -2.35. The van der Waals surface area contributed by atoms with Gasteiger partial charge in [0.2, 0.25) is 11.7 Å². The highest BCUT2D eigenvalue weighted by Gasteiger charge is 2.28. The van der Waals surface area contributed by atoms with Gasteiger partial charge in [-0.15, -0.1) is 0 Å². The third kappa shape index (κ3) is 7.11. The molecular formula is C31H36N2O7. The first-order chi connectivity index (χ1) is 19.3. The van der Waals surface area contributed by atoms with Gasteiger partial charge in [-0.25, -0.2) is 0 Å². The number of aliphatic hydroxyl groups is 1. The Kier molecular flexibility index (Phi) is 8.56. The van der Waals surface area contributed by atoms with Crippen molar-refractivity contribution < 1.29 is 33.6 Å². The first kappa shape index (κ1) is 27.9. The zero-order valence-corrected chi connectivity index (χ0v) is 22.9. The molecule has 3 aromatic carbocycles. The fraction of sp³-hybridized carbons (Fsp3) is 0.387. The second kappa shape index (κ2) is 12.3. The van der Waals surface area contributed by atoms with Crippen LogP contribution in [0.4, 0.5) is 0 Å². The third-order valence-electron chi connectivity index (χ3n) is 6.84. The van der Waals surface area contributed by atoms with Crippen LogP contribution in [-0.4, -0.2) is 49.2 Å². The summed E-state index contributed by atoms with van der Waals surface area (Å²) in [4.78, 5) is 11.4. The molecule has 9 heteroatoms. The number of ether oxygens (including phenoxy) is 5. The van der Waals surface area contributed by atoms with Crippen molar-refractivity contribution in [1.29, 1.82) is 0 Å². The molecule has 0 unspecified atom stereocenters. The summed E-state index contributed by atoms with van der Waals surface area (Å²) in [6, 6.07) is 18.7. The number of hydrogen-bond acceptors (Lipinski definition) is 8. The number of primary amides is 1. The molecule has 2 heterocycles. The molecule has 212 valence electrons. The number of rotatable bonds is 11. The molecule has 0 saturated carbocycles. The molecule has 5 rings (SSSR count). The van der Waals surface area contributed by atoms with E-state index in [1.54, 1.807) is 18.2 Å². The van der Waals surface area contributed by atoms with Gasteiger partial charge in [-0.3, -0.25) is 4.79 Å². The molecule has 9 nitrogen and oxygen atoms in total. The minimum Gasteiger partial charge on any atom is -0.486 e. The highest BCUT2D eigenvalue weighted by molar-refractivity contribution is 5.92. The predicted octanol–water partition coefficient (Wildman–Crippen LogP) is 3.65. The summed E-state index contributed by atoms with van der Waals surface area (Å²) in [5.41, 5.74) is 9.53. The van der Waals surface area contributed by atoms with Crippen LogP contribution in [0.25, 0.3) is 0 Å². The fourth-order valence-corrected chi connectivity index (χ4v) is 4.67. The van der Waals surface area contributed by atoms with Gasteiger partial charge in [0.1, 0.15) is 12.4 Å². The van der Waals surface area contributed by atoms with Gasteiger partial charge < -0.3 is 39.8 Å². The maximum absolute atomic E-state index is 11.4. The van der Waals surface area contributed by atoms with Crippen molar-refractivity contribution in [2.24, 2.45) is 5.73 Å². The van der Waals surface area contributed by atoms with Gasteiger partial charge in [0.25, 0.3) is 0 Å². The van der Waals surface area contributed by atoms with Gasteiger partial charge in [0.15, 0.2) is 17.6 Å². The molecular weight excluding hydrogens is 512 g/mol. The number of carbonyl (C=O) groups is 1. The van der Waals surface area contributed by atoms with E-state index < -0.39 is 17.8 Å². The Morgan fingerprint density at radius 2 is 1.95 bits per heavy atom.